The highest BCUT2D eigenvalue weighted by molar-refractivity contribution is 9.10. The van der Waals surface area contributed by atoms with Crippen LogP contribution in [0.4, 0.5) is 11.4 Å². The second-order valence-electron chi connectivity index (χ2n) is 6.57. The van der Waals surface area contributed by atoms with Crippen LogP contribution in [0.1, 0.15) is 12.0 Å². The number of carbonyl (C=O) groups is 3. The Balaban J connectivity index is 1.56. The molecule has 1 aliphatic heterocycles. The first-order valence-electron chi connectivity index (χ1n) is 8.73. The minimum atomic E-state index is -0.643. The van der Waals surface area contributed by atoms with Gasteiger partial charge >= 0.3 is 5.97 Å². The summed E-state index contributed by atoms with van der Waals surface area (Å²) in [5.41, 5.74) is 1.92. The standard InChI is InChI=1S/C20H17BrCl2N2O4/c1-11-15(22)3-2-4-17(11)25-9-12(7-19(25)27)20(28)29-10-18(26)24-13-5-6-14(21)16(23)8-13/h2-6,8,12H,7,9-10H2,1H3,(H,24,26)/t12-/m1/s1. The van der Waals surface area contributed by atoms with Gasteiger partial charge in [-0.05, 0) is 58.7 Å². The molecule has 0 saturated carbocycles. The topological polar surface area (TPSA) is 75.7 Å². The molecule has 2 aromatic rings. The van der Waals surface area contributed by atoms with Crippen LogP contribution in [0.5, 0.6) is 0 Å². The number of rotatable bonds is 5. The van der Waals surface area contributed by atoms with Crippen molar-refractivity contribution in [1.29, 1.82) is 0 Å². The van der Waals surface area contributed by atoms with Crippen LogP contribution in [0.2, 0.25) is 10.0 Å². The molecule has 9 heteroatoms. The molecular weight excluding hydrogens is 483 g/mol. The molecule has 6 nitrogen and oxygen atoms in total. The van der Waals surface area contributed by atoms with Crippen molar-refractivity contribution in [2.75, 3.05) is 23.4 Å². The van der Waals surface area contributed by atoms with Gasteiger partial charge in [0.15, 0.2) is 6.61 Å². The molecular formula is C20H17BrCl2N2O4. The average Bonchev–Trinajstić information content (AvgIpc) is 3.06. The lowest BCUT2D eigenvalue weighted by Gasteiger charge is -2.19. The Morgan fingerprint density at radius 2 is 2.00 bits per heavy atom. The number of halogens is 3. The van der Waals surface area contributed by atoms with Crippen LogP contribution in [-0.4, -0.2) is 30.9 Å². The lowest BCUT2D eigenvalue weighted by Crippen LogP contribution is -2.28. The summed E-state index contributed by atoms with van der Waals surface area (Å²) in [7, 11) is 0. The number of ether oxygens (including phenoxy) is 1. The van der Waals surface area contributed by atoms with Gasteiger partial charge in [0.1, 0.15) is 0 Å². The summed E-state index contributed by atoms with van der Waals surface area (Å²) in [4.78, 5) is 38.3. The number of hydrogen-bond acceptors (Lipinski definition) is 4. The van der Waals surface area contributed by atoms with Gasteiger partial charge in [-0.2, -0.15) is 0 Å². The highest BCUT2D eigenvalue weighted by Gasteiger charge is 2.37. The first-order valence-corrected chi connectivity index (χ1v) is 10.3. The third-order valence-electron chi connectivity index (χ3n) is 4.54. The lowest BCUT2D eigenvalue weighted by molar-refractivity contribution is -0.151. The van der Waals surface area contributed by atoms with E-state index in [-0.39, 0.29) is 18.9 Å². The number of anilines is 2. The molecule has 0 spiro atoms. The second-order valence-corrected chi connectivity index (χ2v) is 8.24. The minimum absolute atomic E-state index is 0.0225. The number of nitrogens with zero attached hydrogens (tertiary/aromatic N) is 1. The molecule has 0 radical (unpaired) electrons. The Morgan fingerprint density at radius 1 is 1.24 bits per heavy atom. The highest BCUT2D eigenvalue weighted by Crippen LogP contribution is 2.32. The quantitative estimate of drug-likeness (QED) is 0.610. The Hall–Kier alpha value is -2.09. The van der Waals surface area contributed by atoms with E-state index in [2.05, 4.69) is 21.2 Å². The van der Waals surface area contributed by atoms with Gasteiger partial charge in [-0.25, -0.2) is 0 Å². The molecule has 0 aliphatic carbocycles. The van der Waals surface area contributed by atoms with Gasteiger partial charge in [-0.1, -0.05) is 29.3 Å². The van der Waals surface area contributed by atoms with Crippen molar-refractivity contribution in [1.82, 2.24) is 0 Å². The zero-order chi connectivity index (χ0) is 21.1. The van der Waals surface area contributed by atoms with E-state index >= 15 is 0 Å². The molecule has 0 bridgehead atoms. The van der Waals surface area contributed by atoms with E-state index in [0.29, 0.717) is 25.9 Å². The largest absolute Gasteiger partial charge is 0.455 e. The fraction of sp³-hybridized carbons (Fsp3) is 0.250. The average molecular weight is 500 g/mol. The van der Waals surface area contributed by atoms with Crippen molar-refractivity contribution in [3.8, 4) is 0 Å². The van der Waals surface area contributed by atoms with Gasteiger partial charge in [0.05, 0.1) is 10.9 Å². The van der Waals surface area contributed by atoms with Crippen LogP contribution in [0.3, 0.4) is 0 Å². The molecule has 152 valence electrons. The summed E-state index contributed by atoms with van der Waals surface area (Å²) >= 11 is 15.4. The lowest BCUT2D eigenvalue weighted by atomic mass is 10.1. The normalized spacial score (nSPS) is 16.1. The fourth-order valence-corrected chi connectivity index (χ4v) is 3.61. The molecule has 0 aromatic heterocycles. The highest BCUT2D eigenvalue weighted by atomic mass is 79.9. The molecule has 1 N–H and O–H groups in total. The van der Waals surface area contributed by atoms with Crippen molar-refractivity contribution in [3.63, 3.8) is 0 Å². The number of esters is 1. The second kappa shape index (κ2) is 9.15. The maximum atomic E-state index is 12.4. The van der Waals surface area contributed by atoms with Crippen molar-refractivity contribution >= 4 is 68.3 Å². The molecule has 1 atom stereocenters. The first-order chi connectivity index (χ1) is 13.8. The van der Waals surface area contributed by atoms with E-state index in [1.54, 1.807) is 36.4 Å². The van der Waals surface area contributed by atoms with Gasteiger partial charge in [-0.3, -0.25) is 14.4 Å². The van der Waals surface area contributed by atoms with E-state index in [9.17, 15) is 14.4 Å². The molecule has 1 fully saturated rings. The van der Waals surface area contributed by atoms with E-state index in [1.165, 1.54) is 4.90 Å². The van der Waals surface area contributed by atoms with Gasteiger partial charge in [-0.15, -0.1) is 0 Å². The van der Waals surface area contributed by atoms with E-state index in [4.69, 9.17) is 27.9 Å². The Kier molecular flexibility index (Phi) is 6.82. The zero-order valence-electron chi connectivity index (χ0n) is 15.4. The van der Waals surface area contributed by atoms with E-state index < -0.39 is 24.4 Å². The minimum Gasteiger partial charge on any atom is -0.455 e. The van der Waals surface area contributed by atoms with Gasteiger partial charge < -0.3 is 15.0 Å². The summed E-state index contributed by atoms with van der Waals surface area (Å²) in [6.07, 6.45) is 0.0225. The summed E-state index contributed by atoms with van der Waals surface area (Å²) in [6, 6.07) is 10.2. The molecule has 29 heavy (non-hydrogen) atoms. The van der Waals surface area contributed by atoms with Crippen LogP contribution < -0.4 is 10.2 Å². The summed E-state index contributed by atoms with van der Waals surface area (Å²) < 4.78 is 5.81. The van der Waals surface area contributed by atoms with Gasteiger partial charge in [0.25, 0.3) is 5.91 Å². The third-order valence-corrected chi connectivity index (χ3v) is 6.18. The Labute approximate surface area is 186 Å². The SMILES string of the molecule is Cc1c(Cl)cccc1N1C[C@H](C(=O)OCC(=O)Nc2ccc(Br)c(Cl)c2)CC1=O. The predicted molar refractivity (Wildman–Crippen MR) is 115 cm³/mol. The molecule has 1 aliphatic rings. The van der Waals surface area contributed by atoms with Crippen LogP contribution >= 0.6 is 39.1 Å². The van der Waals surface area contributed by atoms with Crippen molar-refractivity contribution in [3.05, 3.63) is 56.5 Å². The van der Waals surface area contributed by atoms with Crippen molar-refractivity contribution in [2.45, 2.75) is 13.3 Å². The van der Waals surface area contributed by atoms with Crippen molar-refractivity contribution in [2.24, 2.45) is 5.92 Å². The monoisotopic (exact) mass is 498 g/mol. The summed E-state index contributed by atoms with van der Waals surface area (Å²) in [5.74, 6) is -1.92. The Bertz CT molecular complexity index is 983. The Morgan fingerprint density at radius 3 is 2.72 bits per heavy atom. The number of nitrogens with one attached hydrogen (secondary N) is 1. The molecule has 1 saturated heterocycles. The summed E-state index contributed by atoms with van der Waals surface area (Å²) in [6.45, 7) is 1.55. The van der Waals surface area contributed by atoms with Gasteiger partial charge in [0.2, 0.25) is 5.91 Å². The van der Waals surface area contributed by atoms with Crippen LogP contribution in [0, 0.1) is 12.8 Å². The third kappa shape index (κ3) is 5.10. The maximum Gasteiger partial charge on any atom is 0.311 e. The van der Waals surface area contributed by atoms with E-state index in [1.807, 2.05) is 6.92 Å². The zero-order valence-corrected chi connectivity index (χ0v) is 18.5. The van der Waals surface area contributed by atoms with Crippen LogP contribution in [0.25, 0.3) is 0 Å². The van der Waals surface area contributed by atoms with Crippen LogP contribution in [-0.2, 0) is 19.1 Å². The maximum absolute atomic E-state index is 12.4. The molecule has 2 aromatic carbocycles. The smallest absolute Gasteiger partial charge is 0.311 e. The molecule has 0 unspecified atom stereocenters. The molecule has 2 amide bonds. The number of hydrogen-bond donors (Lipinski definition) is 1. The number of carbonyl (C=O) groups excluding carboxylic acids is 3. The first kappa shape index (κ1) is 21.6. The summed E-state index contributed by atoms with van der Waals surface area (Å²) in [5, 5.41) is 3.59. The van der Waals surface area contributed by atoms with Crippen molar-refractivity contribution < 1.29 is 19.1 Å². The fourth-order valence-electron chi connectivity index (χ4n) is 3.01. The molecule has 1 heterocycles. The van der Waals surface area contributed by atoms with E-state index in [0.717, 1.165) is 5.56 Å². The van der Waals surface area contributed by atoms with Crippen LogP contribution in [0.15, 0.2) is 40.9 Å². The predicted octanol–water partition coefficient (Wildman–Crippen LogP) is 4.60. The molecule has 3 rings (SSSR count). The van der Waals surface area contributed by atoms with Gasteiger partial charge in [0, 0.05) is 33.8 Å². The number of amides is 2. The number of benzene rings is 2.